The van der Waals surface area contributed by atoms with Crippen LogP contribution in [-0.2, 0) is 4.74 Å². The van der Waals surface area contributed by atoms with Gasteiger partial charge in [0.05, 0.1) is 18.9 Å². The summed E-state index contributed by atoms with van der Waals surface area (Å²) >= 11 is 0. The fourth-order valence-electron chi connectivity index (χ4n) is 3.14. The minimum Gasteiger partial charge on any atom is -0.399 e. The van der Waals surface area contributed by atoms with E-state index < -0.39 is 0 Å². The molecule has 0 aliphatic carbocycles. The highest BCUT2D eigenvalue weighted by molar-refractivity contribution is 5.99. The Hall–Kier alpha value is -3.06. The van der Waals surface area contributed by atoms with Gasteiger partial charge >= 0.3 is 0 Å². The largest absolute Gasteiger partial charge is 0.399 e. The van der Waals surface area contributed by atoms with Gasteiger partial charge in [0.15, 0.2) is 0 Å². The normalized spacial score (nSPS) is 20.0. The second-order valence-electron chi connectivity index (χ2n) is 6.17. The van der Waals surface area contributed by atoms with E-state index in [0.717, 1.165) is 36.1 Å². The quantitative estimate of drug-likeness (QED) is 0.826. The van der Waals surface area contributed by atoms with E-state index in [1.165, 1.54) is 0 Å². The molecule has 0 amide bonds. The third-order valence-corrected chi connectivity index (χ3v) is 4.37. The Balaban J connectivity index is 1.68. The van der Waals surface area contributed by atoms with Crippen molar-refractivity contribution in [2.45, 2.75) is 6.17 Å². The Morgan fingerprint density at radius 3 is 2.81 bits per heavy atom. The summed E-state index contributed by atoms with van der Waals surface area (Å²) in [4.78, 5) is 13.3. The molecule has 26 heavy (non-hydrogen) atoms. The molecule has 1 aromatic carbocycles. The molecule has 7 heteroatoms. The number of anilines is 3. The first-order valence-electron chi connectivity index (χ1n) is 8.70. The van der Waals surface area contributed by atoms with Crippen LogP contribution in [0.5, 0.6) is 0 Å². The molecule has 0 saturated carbocycles. The molecule has 2 aliphatic rings. The first kappa shape index (κ1) is 16.4. The SMILES string of the molecule is Nc1cccc(N2C(N3CCOCC3)=NC=CC2Nc2cccnc2)c1. The fraction of sp³-hybridized carbons (Fsp3) is 0.263. The summed E-state index contributed by atoms with van der Waals surface area (Å²) in [5.41, 5.74) is 8.69. The number of morpholine rings is 1. The van der Waals surface area contributed by atoms with Crippen LogP contribution in [0.4, 0.5) is 17.1 Å². The molecule has 134 valence electrons. The molecule has 2 aliphatic heterocycles. The number of hydrogen-bond acceptors (Lipinski definition) is 7. The van der Waals surface area contributed by atoms with Crippen molar-refractivity contribution in [2.75, 3.05) is 42.3 Å². The summed E-state index contributed by atoms with van der Waals surface area (Å²) in [5, 5.41) is 3.52. The highest BCUT2D eigenvalue weighted by atomic mass is 16.5. The first-order chi connectivity index (χ1) is 12.8. The molecular weight excluding hydrogens is 328 g/mol. The zero-order valence-corrected chi connectivity index (χ0v) is 14.5. The number of aliphatic imine (C=N–C) groups is 1. The van der Waals surface area contributed by atoms with Crippen LogP contribution in [-0.4, -0.2) is 48.3 Å². The van der Waals surface area contributed by atoms with E-state index in [-0.39, 0.29) is 6.17 Å². The number of rotatable bonds is 3. The molecule has 4 rings (SSSR count). The molecule has 2 aromatic rings. The summed E-state index contributed by atoms with van der Waals surface area (Å²) in [7, 11) is 0. The van der Waals surface area contributed by atoms with Crippen LogP contribution in [0.2, 0.25) is 0 Å². The van der Waals surface area contributed by atoms with Gasteiger partial charge in [0.25, 0.3) is 0 Å². The average molecular weight is 350 g/mol. The van der Waals surface area contributed by atoms with Crippen molar-refractivity contribution < 1.29 is 4.74 Å². The summed E-state index contributed by atoms with van der Waals surface area (Å²) in [5.74, 6) is 0.891. The fourth-order valence-corrected chi connectivity index (χ4v) is 3.14. The Morgan fingerprint density at radius 1 is 1.15 bits per heavy atom. The topological polar surface area (TPSA) is 79.0 Å². The predicted molar refractivity (Wildman–Crippen MR) is 104 cm³/mol. The van der Waals surface area contributed by atoms with E-state index >= 15 is 0 Å². The maximum atomic E-state index is 6.04. The number of aromatic nitrogens is 1. The first-order valence-corrected chi connectivity index (χ1v) is 8.70. The lowest BCUT2D eigenvalue weighted by Gasteiger charge is -2.41. The molecule has 0 radical (unpaired) electrons. The van der Waals surface area contributed by atoms with Crippen LogP contribution in [0.25, 0.3) is 0 Å². The molecular formula is C19H22N6O. The standard InChI is InChI=1S/C19H22N6O/c20-15-3-1-5-17(13-15)25-18(23-16-4-2-7-21-14-16)6-8-22-19(25)24-9-11-26-12-10-24/h1-8,13-14,18,23H,9-12,20H2. The molecule has 1 unspecified atom stereocenters. The summed E-state index contributed by atoms with van der Waals surface area (Å²) in [6.07, 6.45) is 7.35. The van der Waals surface area contributed by atoms with Gasteiger partial charge in [0, 0.05) is 43.1 Å². The number of benzene rings is 1. The predicted octanol–water partition coefficient (Wildman–Crippen LogP) is 2.12. The molecule has 1 aromatic heterocycles. The molecule has 3 heterocycles. The molecule has 3 N–H and O–H groups in total. The second kappa shape index (κ2) is 7.45. The minimum atomic E-state index is -0.101. The zero-order chi connectivity index (χ0) is 17.8. The third kappa shape index (κ3) is 3.48. The average Bonchev–Trinajstić information content (AvgIpc) is 2.69. The Morgan fingerprint density at radius 2 is 2.04 bits per heavy atom. The number of ether oxygens (including phenoxy) is 1. The van der Waals surface area contributed by atoms with E-state index in [9.17, 15) is 0 Å². The molecule has 7 nitrogen and oxygen atoms in total. The van der Waals surface area contributed by atoms with Gasteiger partial charge in [-0.25, -0.2) is 4.99 Å². The van der Waals surface area contributed by atoms with Crippen LogP contribution < -0.4 is 16.0 Å². The van der Waals surface area contributed by atoms with Gasteiger partial charge in [-0.1, -0.05) is 6.07 Å². The lowest BCUT2D eigenvalue weighted by molar-refractivity contribution is 0.0671. The lowest BCUT2D eigenvalue weighted by atomic mass is 10.2. The van der Waals surface area contributed by atoms with Crippen LogP contribution in [0.3, 0.4) is 0 Å². The molecule has 1 saturated heterocycles. The summed E-state index contributed by atoms with van der Waals surface area (Å²) < 4.78 is 5.50. The number of nitrogens with two attached hydrogens (primary N) is 1. The minimum absolute atomic E-state index is 0.101. The molecule has 1 fully saturated rings. The van der Waals surface area contributed by atoms with E-state index in [1.54, 1.807) is 6.20 Å². The van der Waals surface area contributed by atoms with Crippen LogP contribution >= 0.6 is 0 Å². The summed E-state index contributed by atoms with van der Waals surface area (Å²) in [6.45, 7) is 3.03. The lowest BCUT2D eigenvalue weighted by Crippen LogP contribution is -2.55. The van der Waals surface area contributed by atoms with E-state index in [2.05, 4.69) is 25.1 Å². The van der Waals surface area contributed by atoms with Gasteiger partial charge in [0.2, 0.25) is 5.96 Å². The van der Waals surface area contributed by atoms with Crippen molar-refractivity contribution in [1.82, 2.24) is 9.88 Å². The van der Waals surface area contributed by atoms with Gasteiger partial charge in [-0.15, -0.1) is 0 Å². The number of pyridine rings is 1. The maximum absolute atomic E-state index is 6.04. The number of nitrogen functional groups attached to an aromatic ring is 1. The Kier molecular flexibility index (Phi) is 4.70. The molecule has 0 bridgehead atoms. The van der Waals surface area contributed by atoms with Crippen LogP contribution in [0.15, 0.2) is 66.1 Å². The van der Waals surface area contributed by atoms with E-state index in [0.29, 0.717) is 13.2 Å². The third-order valence-electron chi connectivity index (χ3n) is 4.37. The van der Waals surface area contributed by atoms with Crippen molar-refractivity contribution in [2.24, 2.45) is 4.99 Å². The zero-order valence-electron chi connectivity index (χ0n) is 14.5. The number of guanidine groups is 1. The van der Waals surface area contributed by atoms with E-state index in [1.807, 2.05) is 54.9 Å². The summed E-state index contributed by atoms with van der Waals surface area (Å²) in [6, 6.07) is 11.8. The van der Waals surface area contributed by atoms with Crippen molar-refractivity contribution in [3.8, 4) is 0 Å². The van der Waals surface area contributed by atoms with Crippen LogP contribution in [0, 0.1) is 0 Å². The van der Waals surface area contributed by atoms with Crippen molar-refractivity contribution in [3.05, 3.63) is 61.1 Å². The number of hydrogen-bond donors (Lipinski definition) is 2. The highest BCUT2D eigenvalue weighted by Gasteiger charge is 2.29. The maximum Gasteiger partial charge on any atom is 0.207 e. The smallest absolute Gasteiger partial charge is 0.207 e. The number of nitrogens with one attached hydrogen (secondary N) is 1. The molecule has 0 spiro atoms. The van der Waals surface area contributed by atoms with Gasteiger partial charge < -0.3 is 20.7 Å². The van der Waals surface area contributed by atoms with Gasteiger partial charge in [-0.05, 0) is 36.4 Å². The van der Waals surface area contributed by atoms with Crippen molar-refractivity contribution in [1.29, 1.82) is 0 Å². The number of nitrogens with zero attached hydrogens (tertiary/aromatic N) is 4. The Labute approximate surface area is 152 Å². The van der Waals surface area contributed by atoms with Gasteiger partial charge in [-0.2, -0.15) is 0 Å². The molecule has 1 atom stereocenters. The Bertz CT molecular complexity index is 801. The second-order valence-corrected chi connectivity index (χ2v) is 6.17. The van der Waals surface area contributed by atoms with Crippen molar-refractivity contribution in [3.63, 3.8) is 0 Å². The van der Waals surface area contributed by atoms with Gasteiger partial charge in [0.1, 0.15) is 6.17 Å². The highest BCUT2D eigenvalue weighted by Crippen LogP contribution is 2.25. The van der Waals surface area contributed by atoms with E-state index in [4.69, 9.17) is 10.5 Å². The van der Waals surface area contributed by atoms with Crippen molar-refractivity contribution >= 4 is 23.0 Å². The monoisotopic (exact) mass is 350 g/mol. The van der Waals surface area contributed by atoms with Crippen LogP contribution in [0.1, 0.15) is 0 Å². The van der Waals surface area contributed by atoms with Gasteiger partial charge in [-0.3, -0.25) is 9.88 Å².